The summed E-state index contributed by atoms with van der Waals surface area (Å²) < 4.78 is 10.7. The molecule has 1 rings (SSSR count). The van der Waals surface area contributed by atoms with Gasteiger partial charge in [0.05, 0.1) is 19.9 Å². The maximum absolute atomic E-state index is 6.24. The van der Waals surface area contributed by atoms with Crippen LogP contribution in [0.15, 0.2) is 18.2 Å². The van der Waals surface area contributed by atoms with Crippen molar-refractivity contribution in [3.8, 4) is 11.5 Å². The molecule has 0 bridgehead atoms. The summed E-state index contributed by atoms with van der Waals surface area (Å²) >= 11 is 0. The summed E-state index contributed by atoms with van der Waals surface area (Å²) in [5, 5.41) is 0. The second-order valence-corrected chi connectivity index (χ2v) is 4.58. The Hall–Kier alpha value is -1.26. The topological polar surface area (TPSA) is 47.7 Å². The average molecular weight is 238 g/mol. The molecule has 1 aromatic carbocycles. The number of rotatable bonds is 5. The van der Waals surface area contributed by atoms with Crippen LogP contribution in [0.3, 0.4) is 0 Å². The molecule has 0 aromatic heterocycles. The Morgan fingerprint density at radius 2 is 1.88 bits per heavy atom. The van der Waals surface area contributed by atoms with Crippen LogP contribution in [0.1, 0.15) is 12.5 Å². The zero-order valence-electron chi connectivity index (χ0n) is 11.3. The Morgan fingerprint density at radius 1 is 1.24 bits per heavy atom. The third-order valence-corrected chi connectivity index (χ3v) is 3.05. The molecule has 2 N–H and O–H groups in total. The fourth-order valence-electron chi connectivity index (χ4n) is 1.64. The van der Waals surface area contributed by atoms with E-state index in [4.69, 9.17) is 15.2 Å². The van der Waals surface area contributed by atoms with Gasteiger partial charge in [-0.05, 0) is 27.1 Å². The van der Waals surface area contributed by atoms with Crippen LogP contribution in [-0.4, -0.2) is 38.9 Å². The van der Waals surface area contributed by atoms with Gasteiger partial charge in [-0.3, -0.25) is 4.90 Å². The molecule has 1 atom stereocenters. The van der Waals surface area contributed by atoms with Crippen LogP contribution in [0.25, 0.3) is 0 Å². The first-order chi connectivity index (χ1) is 7.92. The van der Waals surface area contributed by atoms with E-state index in [1.165, 1.54) is 0 Å². The Morgan fingerprint density at radius 3 is 2.35 bits per heavy atom. The van der Waals surface area contributed by atoms with Gasteiger partial charge in [0.1, 0.15) is 0 Å². The lowest BCUT2D eigenvalue weighted by atomic mass is 10.00. The van der Waals surface area contributed by atoms with E-state index in [0.29, 0.717) is 6.42 Å². The highest BCUT2D eigenvalue weighted by Crippen LogP contribution is 2.32. The third-order valence-electron chi connectivity index (χ3n) is 3.05. The van der Waals surface area contributed by atoms with Crippen molar-refractivity contribution in [1.82, 2.24) is 4.90 Å². The summed E-state index contributed by atoms with van der Waals surface area (Å²) in [5.74, 6) is 1.49. The maximum atomic E-state index is 6.24. The van der Waals surface area contributed by atoms with E-state index in [9.17, 15) is 0 Å². The Kier molecular flexibility index (Phi) is 4.37. The predicted octanol–water partition coefficient (Wildman–Crippen LogP) is 1.48. The van der Waals surface area contributed by atoms with Gasteiger partial charge in [-0.1, -0.05) is 12.1 Å². The van der Waals surface area contributed by atoms with Crippen LogP contribution in [0.2, 0.25) is 0 Å². The van der Waals surface area contributed by atoms with Crippen molar-refractivity contribution >= 4 is 0 Å². The first-order valence-corrected chi connectivity index (χ1v) is 5.58. The molecule has 0 amide bonds. The van der Waals surface area contributed by atoms with Crippen LogP contribution >= 0.6 is 0 Å². The highest BCUT2D eigenvalue weighted by atomic mass is 16.5. The molecular formula is C13H22N2O2. The van der Waals surface area contributed by atoms with E-state index in [-0.39, 0.29) is 0 Å². The number of para-hydroxylation sites is 1. The molecule has 0 saturated heterocycles. The minimum atomic E-state index is -0.417. The summed E-state index contributed by atoms with van der Waals surface area (Å²) in [5.41, 5.74) is 6.87. The molecule has 0 radical (unpaired) electrons. The number of hydrogen-bond donors (Lipinski definition) is 1. The highest BCUT2D eigenvalue weighted by Gasteiger charge is 2.24. The number of hydrogen-bond acceptors (Lipinski definition) is 4. The highest BCUT2D eigenvalue weighted by molar-refractivity contribution is 5.47. The number of nitrogens with two attached hydrogens (primary N) is 1. The second kappa shape index (κ2) is 5.38. The fraction of sp³-hybridized carbons (Fsp3) is 0.538. The molecule has 0 heterocycles. The molecule has 17 heavy (non-hydrogen) atoms. The van der Waals surface area contributed by atoms with Crippen LogP contribution in [0.5, 0.6) is 11.5 Å². The van der Waals surface area contributed by atoms with Crippen molar-refractivity contribution in [1.29, 1.82) is 0 Å². The molecular weight excluding hydrogens is 216 g/mol. The van der Waals surface area contributed by atoms with Gasteiger partial charge in [0, 0.05) is 12.0 Å². The molecule has 0 spiro atoms. The second-order valence-electron chi connectivity index (χ2n) is 4.58. The lowest BCUT2D eigenvalue weighted by Crippen LogP contribution is -2.51. The van der Waals surface area contributed by atoms with Gasteiger partial charge in [-0.25, -0.2) is 0 Å². The number of likely N-dealkylation sites (N-methyl/N-ethyl adjacent to an activating group) is 1. The van der Waals surface area contributed by atoms with Crippen molar-refractivity contribution in [2.24, 2.45) is 5.73 Å². The van der Waals surface area contributed by atoms with Crippen molar-refractivity contribution in [2.45, 2.75) is 19.0 Å². The Bertz CT molecular complexity index is 376. The number of methoxy groups -OCH3 is 2. The van der Waals surface area contributed by atoms with E-state index >= 15 is 0 Å². The van der Waals surface area contributed by atoms with Crippen molar-refractivity contribution in [3.05, 3.63) is 23.8 Å². The van der Waals surface area contributed by atoms with Crippen molar-refractivity contribution in [3.63, 3.8) is 0 Å². The van der Waals surface area contributed by atoms with Crippen LogP contribution < -0.4 is 15.2 Å². The molecule has 0 saturated carbocycles. The predicted molar refractivity (Wildman–Crippen MR) is 69.5 cm³/mol. The zero-order valence-corrected chi connectivity index (χ0v) is 11.3. The van der Waals surface area contributed by atoms with E-state index < -0.39 is 5.66 Å². The van der Waals surface area contributed by atoms with E-state index in [2.05, 4.69) is 0 Å². The minimum absolute atomic E-state index is 0.417. The Balaban J connectivity index is 3.06. The smallest absolute Gasteiger partial charge is 0.164 e. The first-order valence-electron chi connectivity index (χ1n) is 5.58. The quantitative estimate of drug-likeness (QED) is 0.789. The molecule has 0 aliphatic heterocycles. The largest absolute Gasteiger partial charge is 0.493 e. The monoisotopic (exact) mass is 238 g/mol. The number of benzene rings is 1. The average Bonchev–Trinajstić information content (AvgIpc) is 2.27. The number of ether oxygens (including phenoxy) is 2. The Labute approximate surface area is 103 Å². The van der Waals surface area contributed by atoms with Crippen molar-refractivity contribution in [2.75, 3.05) is 28.3 Å². The van der Waals surface area contributed by atoms with E-state index in [0.717, 1.165) is 17.1 Å². The molecule has 4 nitrogen and oxygen atoms in total. The third kappa shape index (κ3) is 3.11. The van der Waals surface area contributed by atoms with Crippen LogP contribution in [0.4, 0.5) is 0 Å². The maximum Gasteiger partial charge on any atom is 0.164 e. The molecule has 4 heteroatoms. The van der Waals surface area contributed by atoms with Gasteiger partial charge >= 0.3 is 0 Å². The fourth-order valence-corrected chi connectivity index (χ4v) is 1.64. The molecule has 0 aliphatic carbocycles. The summed E-state index contributed by atoms with van der Waals surface area (Å²) in [7, 11) is 7.21. The normalized spacial score (nSPS) is 14.5. The lowest BCUT2D eigenvalue weighted by molar-refractivity contribution is 0.178. The van der Waals surface area contributed by atoms with Gasteiger partial charge < -0.3 is 15.2 Å². The van der Waals surface area contributed by atoms with Crippen LogP contribution in [-0.2, 0) is 6.42 Å². The first kappa shape index (κ1) is 13.8. The molecule has 1 unspecified atom stereocenters. The van der Waals surface area contributed by atoms with Gasteiger partial charge in [0.15, 0.2) is 11.5 Å². The summed E-state index contributed by atoms with van der Waals surface area (Å²) in [4.78, 5) is 1.99. The molecule has 0 fully saturated rings. The SMILES string of the molecule is COc1cccc(CC(C)(N)N(C)C)c1OC. The van der Waals surface area contributed by atoms with Gasteiger partial charge in [-0.2, -0.15) is 0 Å². The number of nitrogens with zero attached hydrogens (tertiary/aromatic N) is 1. The van der Waals surface area contributed by atoms with E-state index in [1.54, 1.807) is 14.2 Å². The van der Waals surface area contributed by atoms with Crippen LogP contribution in [0, 0.1) is 0 Å². The van der Waals surface area contributed by atoms with E-state index in [1.807, 2.05) is 44.1 Å². The van der Waals surface area contributed by atoms with Gasteiger partial charge in [0.2, 0.25) is 0 Å². The molecule has 96 valence electrons. The molecule has 0 aliphatic rings. The minimum Gasteiger partial charge on any atom is -0.493 e. The summed E-state index contributed by atoms with van der Waals surface area (Å²) in [6.45, 7) is 1.99. The standard InChI is InChI=1S/C13H22N2O2/c1-13(14,15(2)3)9-10-7-6-8-11(16-4)12(10)17-5/h6-8H,9,14H2,1-5H3. The van der Waals surface area contributed by atoms with Gasteiger partial charge in [-0.15, -0.1) is 0 Å². The van der Waals surface area contributed by atoms with Gasteiger partial charge in [0.25, 0.3) is 0 Å². The zero-order chi connectivity index (χ0) is 13.1. The summed E-state index contributed by atoms with van der Waals surface area (Å²) in [6.07, 6.45) is 0.695. The lowest BCUT2D eigenvalue weighted by Gasteiger charge is -2.33. The summed E-state index contributed by atoms with van der Waals surface area (Å²) in [6, 6.07) is 5.84. The van der Waals surface area contributed by atoms with Crippen molar-refractivity contribution < 1.29 is 9.47 Å². The molecule has 1 aromatic rings.